The van der Waals surface area contributed by atoms with E-state index in [2.05, 4.69) is 5.10 Å². The summed E-state index contributed by atoms with van der Waals surface area (Å²) >= 11 is 1.77. The molecule has 0 aromatic carbocycles. The van der Waals surface area contributed by atoms with Gasteiger partial charge >= 0.3 is 0 Å². The van der Waals surface area contributed by atoms with Crippen molar-refractivity contribution in [3.8, 4) is 0 Å². The predicted octanol–water partition coefficient (Wildman–Crippen LogP) is 1.21. The molecule has 8 heavy (non-hydrogen) atoms. The molecule has 0 unspecified atom stereocenters. The third-order valence-electron chi connectivity index (χ3n) is 0.948. The first-order valence-corrected chi connectivity index (χ1v) is 3.31. The van der Waals surface area contributed by atoms with E-state index in [0.717, 1.165) is 11.5 Å². The highest BCUT2D eigenvalue weighted by molar-refractivity contribution is 8.14. The lowest BCUT2D eigenvalue weighted by atomic mass is 10.4. The Morgan fingerprint density at radius 2 is 2.38 bits per heavy atom. The van der Waals surface area contributed by atoms with Crippen molar-refractivity contribution in [2.75, 3.05) is 5.75 Å². The number of hydrogen-bond donors (Lipinski definition) is 1. The lowest BCUT2D eigenvalue weighted by molar-refractivity contribution is 1.03. The van der Waals surface area contributed by atoms with Gasteiger partial charge in [-0.15, -0.1) is 24.2 Å². The van der Waals surface area contributed by atoms with Crippen molar-refractivity contribution < 1.29 is 0 Å². The minimum Gasteiger partial charge on any atom is -0.323 e. The molecule has 0 bridgehead atoms. The molecule has 0 aromatic rings. The first kappa shape index (κ1) is 8.11. The van der Waals surface area contributed by atoms with E-state index in [0.29, 0.717) is 0 Å². The number of hydrazone groups is 1. The van der Waals surface area contributed by atoms with Crippen LogP contribution in [0.5, 0.6) is 0 Å². The largest absolute Gasteiger partial charge is 0.323 e. The van der Waals surface area contributed by atoms with Crippen LogP contribution >= 0.6 is 24.2 Å². The lowest BCUT2D eigenvalue weighted by Gasteiger charge is -1.83. The molecule has 0 radical (unpaired) electrons. The quantitative estimate of drug-likeness (QED) is 0.419. The van der Waals surface area contributed by atoms with Gasteiger partial charge in [-0.3, -0.25) is 0 Å². The lowest BCUT2D eigenvalue weighted by Crippen LogP contribution is -1.88. The Bertz CT molecular complexity index is 86.0. The molecule has 2 N–H and O–H groups in total. The van der Waals surface area contributed by atoms with Crippen LogP contribution in [-0.4, -0.2) is 10.8 Å². The third-order valence-corrected chi connectivity index (χ3v) is 2.08. The molecular weight excluding hydrogens is 144 g/mol. The Balaban J connectivity index is 0.000000490. The zero-order chi connectivity index (χ0) is 5.11. The van der Waals surface area contributed by atoms with E-state index in [4.69, 9.17) is 5.84 Å². The normalized spacial score (nSPS) is 23.2. The van der Waals surface area contributed by atoms with Crippen molar-refractivity contribution in [1.82, 2.24) is 0 Å². The van der Waals surface area contributed by atoms with Crippen LogP contribution in [0.3, 0.4) is 0 Å². The van der Waals surface area contributed by atoms with Crippen LogP contribution < -0.4 is 5.84 Å². The van der Waals surface area contributed by atoms with Gasteiger partial charge in [0, 0.05) is 0 Å². The van der Waals surface area contributed by atoms with E-state index in [-0.39, 0.29) is 12.4 Å². The van der Waals surface area contributed by atoms with Gasteiger partial charge in [0.25, 0.3) is 0 Å². The molecule has 1 rings (SSSR count). The highest BCUT2D eigenvalue weighted by Crippen LogP contribution is 2.18. The van der Waals surface area contributed by atoms with Gasteiger partial charge in [-0.1, -0.05) is 0 Å². The molecule has 4 heteroatoms. The Kier molecular flexibility index (Phi) is 4.09. The Morgan fingerprint density at radius 3 is 2.62 bits per heavy atom. The zero-order valence-electron chi connectivity index (χ0n) is 4.46. The number of halogens is 1. The summed E-state index contributed by atoms with van der Waals surface area (Å²) in [7, 11) is 0. The summed E-state index contributed by atoms with van der Waals surface area (Å²) in [6.07, 6.45) is 2.35. The molecule has 0 amide bonds. The predicted molar refractivity (Wildman–Crippen MR) is 40.6 cm³/mol. The molecular formula is C4H9ClN2S. The smallest absolute Gasteiger partial charge is 0.0929 e. The first-order valence-electron chi connectivity index (χ1n) is 2.33. The Hall–Kier alpha value is 0.110. The van der Waals surface area contributed by atoms with Gasteiger partial charge < -0.3 is 5.84 Å². The zero-order valence-corrected chi connectivity index (χ0v) is 6.10. The molecule has 0 spiro atoms. The van der Waals surface area contributed by atoms with Crippen LogP contribution in [0.1, 0.15) is 12.8 Å². The van der Waals surface area contributed by atoms with Crippen LogP contribution in [0, 0.1) is 0 Å². The van der Waals surface area contributed by atoms with Crippen molar-refractivity contribution in [1.29, 1.82) is 0 Å². The molecule has 0 aliphatic carbocycles. The Morgan fingerprint density at radius 1 is 1.62 bits per heavy atom. The molecule has 2 nitrogen and oxygen atoms in total. The van der Waals surface area contributed by atoms with E-state index in [9.17, 15) is 0 Å². The summed E-state index contributed by atoms with van der Waals surface area (Å²) in [6, 6.07) is 0. The molecule has 0 saturated carbocycles. The van der Waals surface area contributed by atoms with Crippen LogP contribution in [0.4, 0.5) is 0 Å². The molecule has 1 fully saturated rings. The highest BCUT2D eigenvalue weighted by atomic mass is 35.5. The number of thioether (sulfide) groups is 1. The molecule has 0 aromatic heterocycles. The van der Waals surface area contributed by atoms with Crippen LogP contribution in [0.15, 0.2) is 5.10 Å². The topological polar surface area (TPSA) is 38.4 Å². The average molecular weight is 153 g/mol. The monoisotopic (exact) mass is 152 g/mol. The summed E-state index contributed by atoms with van der Waals surface area (Å²) in [5.41, 5.74) is 0. The van der Waals surface area contributed by atoms with Gasteiger partial charge in [-0.25, -0.2) is 0 Å². The van der Waals surface area contributed by atoms with E-state index in [1.807, 2.05) is 0 Å². The van der Waals surface area contributed by atoms with Crippen molar-refractivity contribution in [3.05, 3.63) is 0 Å². The minimum atomic E-state index is 0. The molecule has 1 aliphatic heterocycles. The van der Waals surface area contributed by atoms with E-state index in [1.165, 1.54) is 12.2 Å². The maximum Gasteiger partial charge on any atom is 0.0929 e. The number of nitrogens with zero attached hydrogens (tertiary/aromatic N) is 1. The molecule has 1 heterocycles. The fourth-order valence-corrected chi connectivity index (χ4v) is 1.47. The van der Waals surface area contributed by atoms with E-state index >= 15 is 0 Å². The third kappa shape index (κ3) is 1.92. The van der Waals surface area contributed by atoms with Crippen LogP contribution in [-0.2, 0) is 0 Å². The van der Waals surface area contributed by atoms with Crippen molar-refractivity contribution >= 4 is 29.2 Å². The Labute approximate surface area is 59.3 Å². The second kappa shape index (κ2) is 4.04. The van der Waals surface area contributed by atoms with Crippen molar-refractivity contribution in [3.63, 3.8) is 0 Å². The number of nitrogens with two attached hydrogens (primary N) is 1. The maximum atomic E-state index is 5.00. The van der Waals surface area contributed by atoms with Gasteiger partial charge in [0.05, 0.1) is 5.04 Å². The molecule has 1 saturated heterocycles. The molecule has 0 atom stereocenters. The second-order valence-corrected chi connectivity index (χ2v) is 2.64. The van der Waals surface area contributed by atoms with Crippen LogP contribution in [0.25, 0.3) is 0 Å². The standard InChI is InChI=1S/C4H8N2S.ClH/c5-6-4-2-1-3-7-4;/h1-3,5H2;1H. The van der Waals surface area contributed by atoms with Gasteiger partial charge in [0.15, 0.2) is 0 Å². The second-order valence-electron chi connectivity index (χ2n) is 1.47. The summed E-state index contributed by atoms with van der Waals surface area (Å²) in [5.74, 6) is 6.21. The van der Waals surface area contributed by atoms with Gasteiger partial charge in [0.1, 0.15) is 0 Å². The van der Waals surface area contributed by atoms with Gasteiger partial charge in [-0.05, 0) is 18.6 Å². The summed E-state index contributed by atoms with van der Waals surface area (Å²) in [6.45, 7) is 0. The number of rotatable bonds is 0. The van der Waals surface area contributed by atoms with Crippen molar-refractivity contribution in [2.45, 2.75) is 12.8 Å². The highest BCUT2D eigenvalue weighted by Gasteiger charge is 2.06. The fourth-order valence-electron chi connectivity index (χ4n) is 0.587. The summed E-state index contributed by atoms with van der Waals surface area (Å²) in [4.78, 5) is 0. The van der Waals surface area contributed by atoms with E-state index in [1.54, 1.807) is 11.8 Å². The fraction of sp³-hybridized carbons (Fsp3) is 0.750. The molecule has 48 valence electrons. The maximum absolute atomic E-state index is 5.00. The average Bonchev–Trinajstić information content (AvgIpc) is 2.14. The summed E-state index contributed by atoms with van der Waals surface area (Å²) < 4.78 is 0. The SMILES string of the molecule is Cl.NN=C1CCCS1. The van der Waals surface area contributed by atoms with Crippen LogP contribution in [0.2, 0.25) is 0 Å². The summed E-state index contributed by atoms with van der Waals surface area (Å²) in [5, 5.41) is 4.68. The van der Waals surface area contributed by atoms with Gasteiger partial charge in [-0.2, -0.15) is 5.10 Å². The first-order chi connectivity index (χ1) is 3.43. The minimum absolute atomic E-state index is 0. The number of hydrogen-bond acceptors (Lipinski definition) is 3. The van der Waals surface area contributed by atoms with E-state index < -0.39 is 0 Å². The van der Waals surface area contributed by atoms with Crippen molar-refractivity contribution in [2.24, 2.45) is 10.9 Å². The van der Waals surface area contributed by atoms with Gasteiger partial charge in [0.2, 0.25) is 0 Å². The molecule has 1 aliphatic rings.